The highest BCUT2D eigenvalue weighted by molar-refractivity contribution is 8.03. The van der Waals surface area contributed by atoms with E-state index in [9.17, 15) is 4.79 Å². The van der Waals surface area contributed by atoms with Crippen LogP contribution in [0.4, 0.5) is 0 Å². The number of methoxy groups -OCH3 is 1. The topological polar surface area (TPSA) is 64.3 Å². The van der Waals surface area contributed by atoms with Crippen molar-refractivity contribution < 1.29 is 9.53 Å². The first-order valence-electron chi connectivity index (χ1n) is 11.7. The van der Waals surface area contributed by atoms with Crippen LogP contribution in [0.3, 0.4) is 0 Å². The van der Waals surface area contributed by atoms with E-state index in [1.54, 1.807) is 11.8 Å². The molecule has 3 fully saturated rings. The van der Waals surface area contributed by atoms with Crippen LogP contribution in [0, 0.1) is 17.8 Å². The zero-order chi connectivity index (χ0) is 20.7. The smallest absolute Gasteiger partial charge is 0.234 e. The Bertz CT molecular complexity index is 789. The van der Waals surface area contributed by atoms with E-state index in [0.29, 0.717) is 23.7 Å². The molecule has 162 valence electrons. The van der Waals surface area contributed by atoms with Crippen LogP contribution < -0.4 is 11.1 Å². The number of rotatable bonds is 5. The molecule has 7 unspecified atom stereocenters. The number of nitrogens with two attached hydrogens (primary N) is 1. The minimum absolute atomic E-state index is 0.0209. The van der Waals surface area contributed by atoms with Crippen molar-refractivity contribution in [2.24, 2.45) is 23.5 Å². The third-order valence-electron chi connectivity index (χ3n) is 8.22. The lowest BCUT2D eigenvalue weighted by molar-refractivity contribution is -0.127. The molecular formula is C25H34N2O2S. The number of allylic oxidation sites excluding steroid dienone is 1. The lowest BCUT2D eigenvalue weighted by Gasteiger charge is -2.49. The summed E-state index contributed by atoms with van der Waals surface area (Å²) in [5, 5.41) is 5.49. The molecule has 0 aromatic heterocycles. The fraction of sp³-hybridized carbons (Fsp3) is 0.640. The van der Waals surface area contributed by atoms with Crippen molar-refractivity contribution in [2.45, 2.75) is 67.8 Å². The van der Waals surface area contributed by atoms with E-state index < -0.39 is 0 Å². The van der Waals surface area contributed by atoms with E-state index in [-0.39, 0.29) is 23.3 Å². The van der Waals surface area contributed by atoms with Crippen molar-refractivity contribution >= 4 is 17.7 Å². The van der Waals surface area contributed by atoms with Crippen LogP contribution in [0.1, 0.15) is 61.5 Å². The van der Waals surface area contributed by atoms with Crippen molar-refractivity contribution in [3.8, 4) is 0 Å². The van der Waals surface area contributed by atoms with Gasteiger partial charge in [-0.05, 0) is 66.5 Å². The summed E-state index contributed by atoms with van der Waals surface area (Å²) in [6, 6.07) is 9.53. The quantitative estimate of drug-likeness (QED) is 0.742. The number of hydrogen-bond acceptors (Lipinski definition) is 4. The van der Waals surface area contributed by atoms with Gasteiger partial charge in [-0.2, -0.15) is 0 Å². The fourth-order valence-corrected chi connectivity index (χ4v) is 7.85. The van der Waals surface area contributed by atoms with Gasteiger partial charge in [-0.15, -0.1) is 11.8 Å². The molecule has 2 heterocycles. The maximum Gasteiger partial charge on any atom is 0.234 e. The molecule has 1 aromatic rings. The molecule has 1 amide bonds. The summed E-state index contributed by atoms with van der Waals surface area (Å²) in [4.78, 5) is 12.6. The average Bonchev–Trinajstić information content (AvgIpc) is 3.47. The summed E-state index contributed by atoms with van der Waals surface area (Å²) in [6.07, 6.45) is 9.79. The molecule has 5 rings (SSSR count). The molecule has 1 saturated heterocycles. The zero-order valence-corrected chi connectivity index (χ0v) is 18.7. The van der Waals surface area contributed by atoms with Crippen LogP contribution in [0.2, 0.25) is 0 Å². The van der Waals surface area contributed by atoms with Crippen LogP contribution in [-0.4, -0.2) is 37.0 Å². The Kier molecular flexibility index (Phi) is 5.96. The predicted molar refractivity (Wildman–Crippen MR) is 122 cm³/mol. The number of carbonyl (C=O) groups excluding carboxylic acids is 1. The van der Waals surface area contributed by atoms with Gasteiger partial charge in [-0.25, -0.2) is 0 Å². The normalized spacial score (nSPS) is 36.9. The molecule has 3 N–H and O–H groups in total. The number of hydrogen-bond donors (Lipinski definition) is 2. The first-order chi connectivity index (χ1) is 14.7. The standard InChI is InChI=1S/C25H34N2O2S/c1-29-21-11-10-20-23(18-12-13-30-24(18)25(28)27-20)22(21)17-8-6-16(7-9-17)19(14-26)15-4-2-3-5-15/h6-9,12-13,15,18-24H,2-5,10-11,14,26H2,1H3,(H,27,28). The molecule has 2 aliphatic heterocycles. The van der Waals surface area contributed by atoms with Gasteiger partial charge >= 0.3 is 0 Å². The summed E-state index contributed by atoms with van der Waals surface area (Å²) < 4.78 is 6.00. The number of nitrogens with one attached hydrogen (secondary N) is 1. The van der Waals surface area contributed by atoms with Crippen molar-refractivity contribution in [3.63, 3.8) is 0 Å². The maximum absolute atomic E-state index is 12.6. The van der Waals surface area contributed by atoms with Crippen molar-refractivity contribution in [3.05, 3.63) is 46.9 Å². The number of ether oxygens (including phenoxy) is 1. The molecule has 5 heteroatoms. The summed E-state index contributed by atoms with van der Waals surface area (Å²) in [6.45, 7) is 0.733. The lowest BCUT2D eigenvalue weighted by atomic mass is 9.63. The second-order valence-electron chi connectivity index (χ2n) is 9.59. The third kappa shape index (κ3) is 3.53. The van der Waals surface area contributed by atoms with E-state index in [4.69, 9.17) is 10.5 Å². The second-order valence-corrected chi connectivity index (χ2v) is 10.6. The molecule has 0 radical (unpaired) electrons. The monoisotopic (exact) mass is 426 g/mol. The van der Waals surface area contributed by atoms with E-state index >= 15 is 0 Å². The number of fused-ring (bicyclic) bond motifs is 3. The number of piperidine rings is 1. The van der Waals surface area contributed by atoms with Gasteiger partial charge in [0.1, 0.15) is 0 Å². The molecule has 4 nitrogen and oxygen atoms in total. The molecule has 2 saturated carbocycles. The molecule has 30 heavy (non-hydrogen) atoms. The minimum Gasteiger partial charge on any atom is -0.381 e. The highest BCUT2D eigenvalue weighted by Crippen LogP contribution is 2.51. The van der Waals surface area contributed by atoms with E-state index in [1.807, 2.05) is 7.11 Å². The van der Waals surface area contributed by atoms with Gasteiger partial charge in [-0.3, -0.25) is 4.79 Å². The SMILES string of the molecule is COC1CCC2NC(=O)C3SC=CC3C2C1c1ccc(C(CN)C2CCCC2)cc1. The molecule has 2 aliphatic carbocycles. The number of thioether (sulfide) groups is 1. The first kappa shape index (κ1) is 20.6. The first-order valence-corrected chi connectivity index (χ1v) is 12.6. The van der Waals surface area contributed by atoms with Crippen molar-refractivity contribution in [2.75, 3.05) is 13.7 Å². The second kappa shape index (κ2) is 8.68. The molecule has 0 bridgehead atoms. The van der Waals surface area contributed by atoms with Gasteiger partial charge in [0.25, 0.3) is 0 Å². The van der Waals surface area contributed by atoms with Crippen LogP contribution in [0.15, 0.2) is 35.7 Å². The molecule has 4 aliphatic rings. The third-order valence-corrected chi connectivity index (χ3v) is 9.36. The lowest BCUT2D eigenvalue weighted by Crippen LogP contribution is -2.59. The van der Waals surface area contributed by atoms with E-state index in [2.05, 4.69) is 41.1 Å². The van der Waals surface area contributed by atoms with E-state index in [1.165, 1.54) is 36.8 Å². The molecule has 1 aromatic carbocycles. The van der Waals surface area contributed by atoms with Crippen LogP contribution in [-0.2, 0) is 9.53 Å². The summed E-state index contributed by atoms with van der Waals surface area (Å²) >= 11 is 1.67. The predicted octanol–water partition coefficient (Wildman–Crippen LogP) is 4.17. The Morgan fingerprint density at radius 1 is 1.17 bits per heavy atom. The van der Waals surface area contributed by atoms with Gasteiger partial charge in [0.15, 0.2) is 0 Å². The summed E-state index contributed by atoms with van der Waals surface area (Å²) in [7, 11) is 1.84. The summed E-state index contributed by atoms with van der Waals surface area (Å²) in [5.41, 5.74) is 8.94. The largest absolute Gasteiger partial charge is 0.381 e. The number of benzene rings is 1. The highest BCUT2D eigenvalue weighted by Gasteiger charge is 2.52. The van der Waals surface area contributed by atoms with Gasteiger partial charge in [-0.1, -0.05) is 43.2 Å². The molecule has 7 atom stereocenters. The number of amides is 1. The van der Waals surface area contributed by atoms with Crippen LogP contribution in [0.5, 0.6) is 0 Å². The fourth-order valence-electron chi connectivity index (χ4n) is 6.76. The Balaban J connectivity index is 1.44. The summed E-state index contributed by atoms with van der Waals surface area (Å²) in [5.74, 6) is 2.42. The van der Waals surface area contributed by atoms with Crippen molar-refractivity contribution in [1.82, 2.24) is 5.32 Å². The number of carbonyl (C=O) groups is 1. The Hall–Kier alpha value is -1.30. The highest BCUT2D eigenvalue weighted by atomic mass is 32.2. The minimum atomic E-state index is 0.0209. The maximum atomic E-state index is 12.6. The van der Waals surface area contributed by atoms with Gasteiger partial charge in [0, 0.05) is 25.0 Å². The van der Waals surface area contributed by atoms with E-state index in [0.717, 1.165) is 25.3 Å². The van der Waals surface area contributed by atoms with Gasteiger partial charge < -0.3 is 15.8 Å². The van der Waals surface area contributed by atoms with Gasteiger partial charge in [0.2, 0.25) is 5.91 Å². The Morgan fingerprint density at radius 3 is 2.63 bits per heavy atom. The Morgan fingerprint density at radius 2 is 1.93 bits per heavy atom. The van der Waals surface area contributed by atoms with Crippen LogP contribution in [0.25, 0.3) is 0 Å². The van der Waals surface area contributed by atoms with Crippen LogP contribution >= 0.6 is 11.8 Å². The molecular weight excluding hydrogens is 392 g/mol. The van der Waals surface area contributed by atoms with Crippen molar-refractivity contribution in [1.29, 1.82) is 0 Å². The molecule has 0 spiro atoms. The van der Waals surface area contributed by atoms with Gasteiger partial charge in [0.05, 0.1) is 11.4 Å². The average molecular weight is 427 g/mol. The zero-order valence-electron chi connectivity index (χ0n) is 17.8. The Labute approximate surface area is 184 Å².